The first kappa shape index (κ1) is 15.9. The maximum absolute atomic E-state index is 6.08. The number of rotatable bonds is 7. The molecule has 0 aliphatic heterocycles. The van der Waals surface area contributed by atoms with Crippen LogP contribution in [0.25, 0.3) is 21.5 Å². The molecular weight excluding hydrogens is 280 g/mol. The highest BCUT2D eigenvalue weighted by atomic mass is 16.5. The molecule has 1 unspecified atom stereocenters. The quantitative estimate of drug-likeness (QED) is 0.447. The van der Waals surface area contributed by atoms with E-state index < -0.39 is 0 Å². The van der Waals surface area contributed by atoms with E-state index in [1.807, 2.05) is 0 Å². The van der Waals surface area contributed by atoms with E-state index in [2.05, 4.69) is 68.4 Å². The molecule has 0 saturated heterocycles. The molecule has 1 nitrogen and oxygen atoms in total. The monoisotopic (exact) mass is 306 g/mol. The van der Waals surface area contributed by atoms with Gasteiger partial charge in [-0.25, -0.2) is 0 Å². The Balaban J connectivity index is 1.78. The summed E-state index contributed by atoms with van der Waals surface area (Å²) < 4.78 is 6.08. The number of fused-ring (bicyclic) bond motifs is 2. The average Bonchev–Trinajstić information content (AvgIpc) is 2.60. The molecule has 0 amide bonds. The molecule has 0 bridgehead atoms. The zero-order chi connectivity index (χ0) is 16.1. The Hall–Kier alpha value is -2.02. The van der Waals surface area contributed by atoms with Gasteiger partial charge in [0.15, 0.2) is 0 Å². The lowest BCUT2D eigenvalue weighted by Gasteiger charge is -2.16. The van der Waals surface area contributed by atoms with Crippen molar-refractivity contribution in [3.8, 4) is 5.75 Å². The summed E-state index contributed by atoms with van der Waals surface area (Å²) in [5.74, 6) is 1.66. The van der Waals surface area contributed by atoms with Crippen molar-refractivity contribution in [1.82, 2.24) is 0 Å². The summed E-state index contributed by atoms with van der Waals surface area (Å²) in [5, 5.41) is 5.10. The van der Waals surface area contributed by atoms with Crippen molar-refractivity contribution in [3.05, 3.63) is 54.6 Å². The predicted molar refractivity (Wildman–Crippen MR) is 100 cm³/mol. The first-order valence-corrected chi connectivity index (χ1v) is 8.85. The topological polar surface area (TPSA) is 9.23 Å². The second-order valence-corrected chi connectivity index (χ2v) is 6.44. The van der Waals surface area contributed by atoms with Crippen LogP contribution in [0.5, 0.6) is 5.75 Å². The lowest BCUT2D eigenvalue weighted by molar-refractivity contribution is 0.233. The minimum Gasteiger partial charge on any atom is -0.493 e. The molecule has 0 heterocycles. The van der Waals surface area contributed by atoms with Crippen LogP contribution in [-0.4, -0.2) is 6.61 Å². The van der Waals surface area contributed by atoms with E-state index in [1.54, 1.807) is 0 Å². The number of ether oxygens (including phenoxy) is 1. The first-order chi connectivity index (χ1) is 11.3. The Labute approximate surface area is 139 Å². The van der Waals surface area contributed by atoms with Crippen molar-refractivity contribution >= 4 is 21.5 Å². The van der Waals surface area contributed by atoms with Crippen LogP contribution >= 0.6 is 0 Å². The van der Waals surface area contributed by atoms with Crippen LogP contribution in [-0.2, 0) is 0 Å². The predicted octanol–water partition coefficient (Wildman–Crippen LogP) is 6.59. The standard InChI is InChI=1S/C22H26O/c1-3-5-8-17(4-2)16-23-22-12-11-20-13-18-9-6-7-10-19(18)14-21(20)15-22/h6-7,9-15,17H,3-5,8,16H2,1-2H3. The highest BCUT2D eigenvalue weighted by Crippen LogP contribution is 2.27. The van der Waals surface area contributed by atoms with Gasteiger partial charge in [0.2, 0.25) is 0 Å². The molecular formula is C22H26O. The fourth-order valence-electron chi connectivity index (χ4n) is 3.12. The zero-order valence-electron chi connectivity index (χ0n) is 14.2. The number of unbranched alkanes of at least 4 members (excludes halogenated alkanes) is 1. The Morgan fingerprint density at radius 3 is 2.22 bits per heavy atom. The molecule has 1 atom stereocenters. The number of hydrogen-bond donors (Lipinski definition) is 0. The van der Waals surface area contributed by atoms with Crippen molar-refractivity contribution in [3.63, 3.8) is 0 Å². The third kappa shape index (κ3) is 3.85. The second kappa shape index (κ2) is 7.50. The Kier molecular flexibility index (Phi) is 5.17. The van der Waals surface area contributed by atoms with Crippen LogP contribution in [0.1, 0.15) is 39.5 Å². The molecule has 120 valence electrons. The lowest BCUT2D eigenvalue weighted by Crippen LogP contribution is -2.11. The summed E-state index contributed by atoms with van der Waals surface area (Å²) in [4.78, 5) is 0. The highest BCUT2D eigenvalue weighted by Gasteiger charge is 2.07. The molecule has 23 heavy (non-hydrogen) atoms. The Bertz CT molecular complexity index is 775. The number of benzene rings is 3. The van der Waals surface area contributed by atoms with Crippen LogP contribution in [0.3, 0.4) is 0 Å². The lowest BCUT2D eigenvalue weighted by atomic mass is 10.0. The summed E-state index contributed by atoms with van der Waals surface area (Å²) in [6.07, 6.45) is 5.02. The van der Waals surface area contributed by atoms with Crippen molar-refractivity contribution in [2.75, 3.05) is 6.61 Å². The molecule has 1 heteroatoms. The van der Waals surface area contributed by atoms with Gasteiger partial charge in [-0.2, -0.15) is 0 Å². The molecule has 3 aromatic carbocycles. The van der Waals surface area contributed by atoms with E-state index in [-0.39, 0.29) is 0 Å². The van der Waals surface area contributed by atoms with Crippen molar-refractivity contribution in [2.45, 2.75) is 39.5 Å². The van der Waals surface area contributed by atoms with Gasteiger partial charge in [0.1, 0.15) is 5.75 Å². The van der Waals surface area contributed by atoms with Gasteiger partial charge in [0.05, 0.1) is 6.61 Å². The van der Waals surface area contributed by atoms with Crippen molar-refractivity contribution < 1.29 is 4.74 Å². The molecule has 0 spiro atoms. The fourth-order valence-corrected chi connectivity index (χ4v) is 3.12. The maximum atomic E-state index is 6.08. The molecule has 0 aliphatic rings. The fraction of sp³-hybridized carbons (Fsp3) is 0.364. The van der Waals surface area contributed by atoms with Gasteiger partial charge in [0, 0.05) is 0 Å². The molecule has 0 N–H and O–H groups in total. The van der Waals surface area contributed by atoms with E-state index in [9.17, 15) is 0 Å². The van der Waals surface area contributed by atoms with E-state index in [4.69, 9.17) is 4.74 Å². The minimum absolute atomic E-state index is 0.669. The molecule has 0 aliphatic carbocycles. The summed E-state index contributed by atoms with van der Waals surface area (Å²) >= 11 is 0. The van der Waals surface area contributed by atoms with Crippen LogP contribution in [0.15, 0.2) is 54.6 Å². The Morgan fingerprint density at radius 2 is 1.52 bits per heavy atom. The molecule has 0 saturated carbocycles. The molecule has 0 aromatic heterocycles. The van der Waals surface area contributed by atoms with Crippen LogP contribution in [0, 0.1) is 5.92 Å². The van der Waals surface area contributed by atoms with Crippen LogP contribution < -0.4 is 4.74 Å². The average molecular weight is 306 g/mol. The maximum Gasteiger partial charge on any atom is 0.119 e. The van der Waals surface area contributed by atoms with Crippen LogP contribution in [0.4, 0.5) is 0 Å². The van der Waals surface area contributed by atoms with Gasteiger partial charge < -0.3 is 4.74 Å². The van der Waals surface area contributed by atoms with Gasteiger partial charge in [-0.1, -0.05) is 63.4 Å². The van der Waals surface area contributed by atoms with E-state index in [0.29, 0.717) is 5.92 Å². The largest absolute Gasteiger partial charge is 0.493 e. The second-order valence-electron chi connectivity index (χ2n) is 6.44. The SMILES string of the molecule is CCCCC(CC)COc1ccc2cc3ccccc3cc2c1. The molecule has 0 fully saturated rings. The summed E-state index contributed by atoms with van der Waals surface area (Å²) in [5.41, 5.74) is 0. The summed E-state index contributed by atoms with van der Waals surface area (Å²) in [7, 11) is 0. The summed E-state index contributed by atoms with van der Waals surface area (Å²) in [6, 6.07) is 19.5. The molecule has 0 radical (unpaired) electrons. The van der Waals surface area contributed by atoms with Crippen molar-refractivity contribution in [1.29, 1.82) is 0 Å². The third-order valence-electron chi connectivity index (χ3n) is 4.71. The van der Waals surface area contributed by atoms with Crippen molar-refractivity contribution in [2.24, 2.45) is 5.92 Å². The van der Waals surface area contributed by atoms with Gasteiger partial charge in [0.25, 0.3) is 0 Å². The van der Waals surface area contributed by atoms with E-state index >= 15 is 0 Å². The Morgan fingerprint density at radius 1 is 0.826 bits per heavy atom. The van der Waals surface area contributed by atoms with Crippen LogP contribution in [0.2, 0.25) is 0 Å². The van der Waals surface area contributed by atoms with Gasteiger partial charge in [-0.05, 0) is 58.1 Å². The molecule has 3 aromatic rings. The zero-order valence-corrected chi connectivity index (χ0v) is 14.2. The minimum atomic E-state index is 0.669. The normalized spacial score (nSPS) is 12.6. The van der Waals surface area contributed by atoms with E-state index in [1.165, 1.54) is 47.2 Å². The van der Waals surface area contributed by atoms with Gasteiger partial charge >= 0.3 is 0 Å². The first-order valence-electron chi connectivity index (χ1n) is 8.85. The summed E-state index contributed by atoms with van der Waals surface area (Å²) in [6.45, 7) is 5.34. The highest BCUT2D eigenvalue weighted by molar-refractivity contribution is 5.98. The van der Waals surface area contributed by atoms with E-state index in [0.717, 1.165) is 12.4 Å². The smallest absolute Gasteiger partial charge is 0.119 e. The third-order valence-corrected chi connectivity index (χ3v) is 4.71. The number of hydrogen-bond acceptors (Lipinski definition) is 1. The molecule has 3 rings (SSSR count). The van der Waals surface area contributed by atoms with Gasteiger partial charge in [-0.3, -0.25) is 0 Å². The van der Waals surface area contributed by atoms with Gasteiger partial charge in [-0.15, -0.1) is 0 Å².